The van der Waals surface area contributed by atoms with Crippen LogP contribution >= 0.6 is 0 Å². The first-order valence-corrected chi connectivity index (χ1v) is 5.22. The minimum Gasteiger partial charge on any atom is -0.497 e. The highest BCUT2D eigenvalue weighted by Crippen LogP contribution is 2.30. The van der Waals surface area contributed by atoms with Gasteiger partial charge in [0, 0.05) is 5.56 Å². The summed E-state index contributed by atoms with van der Waals surface area (Å²) in [6, 6.07) is 5.95. The van der Waals surface area contributed by atoms with Crippen molar-refractivity contribution in [2.45, 2.75) is 19.3 Å². The van der Waals surface area contributed by atoms with Gasteiger partial charge in [-0.3, -0.25) is 0 Å². The summed E-state index contributed by atoms with van der Waals surface area (Å²) >= 11 is 0. The maximum absolute atomic E-state index is 5.33. The van der Waals surface area contributed by atoms with Gasteiger partial charge in [-0.15, -0.1) is 0 Å². The van der Waals surface area contributed by atoms with Crippen LogP contribution in [0.4, 0.5) is 0 Å². The minimum atomic E-state index is 0.894. The van der Waals surface area contributed by atoms with Crippen LogP contribution in [0.3, 0.4) is 0 Å². The van der Waals surface area contributed by atoms with Gasteiger partial charge in [-0.05, 0) is 37.5 Å². The number of hydrogen-bond donors (Lipinski definition) is 0. The van der Waals surface area contributed by atoms with E-state index in [1.54, 1.807) is 14.2 Å². The van der Waals surface area contributed by atoms with Gasteiger partial charge in [0.15, 0.2) is 0 Å². The van der Waals surface area contributed by atoms with E-state index >= 15 is 0 Å². The van der Waals surface area contributed by atoms with Gasteiger partial charge in [0.1, 0.15) is 11.5 Å². The molecule has 2 nitrogen and oxygen atoms in total. The lowest BCUT2D eigenvalue weighted by atomic mass is 9.92. The van der Waals surface area contributed by atoms with Crippen LogP contribution in [-0.2, 0) is 6.42 Å². The van der Waals surface area contributed by atoms with Gasteiger partial charge in [-0.1, -0.05) is 11.6 Å². The molecule has 1 aliphatic carbocycles. The Balaban J connectivity index is 2.24. The van der Waals surface area contributed by atoms with Crippen LogP contribution in [-0.4, -0.2) is 14.2 Å². The van der Waals surface area contributed by atoms with Crippen LogP contribution in [0.2, 0.25) is 0 Å². The van der Waals surface area contributed by atoms with Crippen molar-refractivity contribution in [2.75, 3.05) is 14.2 Å². The molecule has 0 unspecified atom stereocenters. The number of methoxy groups -OCH3 is 2. The van der Waals surface area contributed by atoms with Crippen molar-refractivity contribution in [1.29, 1.82) is 0 Å². The highest BCUT2D eigenvalue weighted by Gasteiger charge is 2.11. The predicted molar refractivity (Wildman–Crippen MR) is 60.6 cm³/mol. The van der Waals surface area contributed by atoms with Crippen LogP contribution in [0.15, 0.2) is 29.8 Å². The van der Waals surface area contributed by atoms with Crippen molar-refractivity contribution in [3.05, 3.63) is 35.4 Å². The molecule has 0 aliphatic heterocycles. The van der Waals surface area contributed by atoms with E-state index in [1.165, 1.54) is 24.0 Å². The lowest BCUT2D eigenvalue weighted by Gasteiger charge is -2.16. The Bertz CT molecular complexity index is 380. The Morgan fingerprint density at radius 3 is 2.53 bits per heavy atom. The molecule has 1 aliphatic rings. The van der Waals surface area contributed by atoms with E-state index in [-0.39, 0.29) is 0 Å². The molecule has 15 heavy (non-hydrogen) atoms. The molecule has 0 spiro atoms. The van der Waals surface area contributed by atoms with E-state index < -0.39 is 0 Å². The van der Waals surface area contributed by atoms with Crippen molar-refractivity contribution in [1.82, 2.24) is 0 Å². The number of allylic oxidation sites excluding steroid dienone is 2. The quantitative estimate of drug-likeness (QED) is 0.702. The monoisotopic (exact) mass is 204 g/mol. The lowest BCUT2D eigenvalue weighted by Crippen LogP contribution is -2.00. The zero-order valence-corrected chi connectivity index (χ0v) is 9.25. The van der Waals surface area contributed by atoms with Crippen LogP contribution in [0, 0.1) is 0 Å². The Kier molecular flexibility index (Phi) is 2.95. The number of rotatable bonds is 4. The molecule has 0 radical (unpaired) electrons. The van der Waals surface area contributed by atoms with Crippen LogP contribution in [0.5, 0.6) is 11.5 Å². The third-order valence-electron chi connectivity index (χ3n) is 2.80. The molecule has 0 amide bonds. The summed E-state index contributed by atoms with van der Waals surface area (Å²) in [5.41, 5.74) is 2.71. The smallest absolute Gasteiger partial charge is 0.122 e. The largest absolute Gasteiger partial charge is 0.497 e. The van der Waals surface area contributed by atoms with Gasteiger partial charge in [0.2, 0.25) is 0 Å². The molecule has 0 atom stereocenters. The van der Waals surface area contributed by atoms with E-state index in [0.29, 0.717) is 0 Å². The molecule has 80 valence electrons. The Morgan fingerprint density at radius 2 is 2.00 bits per heavy atom. The van der Waals surface area contributed by atoms with Gasteiger partial charge < -0.3 is 9.47 Å². The standard InChI is InChI=1S/C13H16O2/c1-14-12-6-7-13(15-2)11(9-12)8-10-4-3-5-10/h4,6-7,9H,3,5,8H2,1-2H3. The Morgan fingerprint density at radius 1 is 1.20 bits per heavy atom. The lowest BCUT2D eigenvalue weighted by molar-refractivity contribution is 0.399. The van der Waals surface area contributed by atoms with Gasteiger partial charge in [0.05, 0.1) is 14.2 Å². The molecule has 1 aromatic carbocycles. The molecule has 2 rings (SSSR count). The van der Waals surface area contributed by atoms with E-state index in [1.807, 2.05) is 12.1 Å². The summed E-state index contributed by atoms with van der Waals surface area (Å²) in [5, 5.41) is 0. The first-order valence-electron chi connectivity index (χ1n) is 5.22. The third kappa shape index (κ3) is 2.14. The topological polar surface area (TPSA) is 18.5 Å². The van der Waals surface area contributed by atoms with Crippen LogP contribution < -0.4 is 9.47 Å². The summed E-state index contributed by atoms with van der Waals surface area (Å²) in [5.74, 6) is 1.84. The van der Waals surface area contributed by atoms with E-state index in [9.17, 15) is 0 Å². The second-order valence-corrected chi connectivity index (χ2v) is 3.76. The zero-order valence-electron chi connectivity index (χ0n) is 9.25. The van der Waals surface area contributed by atoms with Crippen molar-refractivity contribution >= 4 is 0 Å². The van der Waals surface area contributed by atoms with Crippen molar-refractivity contribution in [3.63, 3.8) is 0 Å². The first-order chi connectivity index (χ1) is 7.33. The van der Waals surface area contributed by atoms with E-state index in [2.05, 4.69) is 12.1 Å². The van der Waals surface area contributed by atoms with Crippen LogP contribution in [0.1, 0.15) is 18.4 Å². The highest BCUT2D eigenvalue weighted by molar-refractivity contribution is 5.43. The molecule has 0 bridgehead atoms. The minimum absolute atomic E-state index is 0.894. The fraction of sp³-hybridized carbons (Fsp3) is 0.385. The number of hydrogen-bond acceptors (Lipinski definition) is 2. The second-order valence-electron chi connectivity index (χ2n) is 3.76. The summed E-state index contributed by atoms with van der Waals surface area (Å²) < 4.78 is 10.5. The molecule has 1 aromatic rings. The molecule has 0 heterocycles. The fourth-order valence-corrected chi connectivity index (χ4v) is 1.77. The SMILES string of the molecule is COc1ccc(OC)c(CC2=CCC2)c1. The maximum Gasteiger partial charge on any atom is 0.122 e. The van der Waals surface area contributed by atoms with Crippen LogP contribution in [0.25, 0.3) is 0 Å². The summed E-state index contributed by atoms with van der Waals surface area (Å²) in [7, 11) is 3.40. The molecule has 0 N–H and O–H groups in total. The normalized spacial score (nSPS) is 14.1. The van der Waals surface area contributed by atoms with E-state index in [0.717, 1.165) is 17.9 Å². The predicted octanol–water partition coefficient (Wildman–Crippen LogP) is 2.97. The molecule has 2 heteroatoms. The Labute approximate surface area is 90.5 Å². The summed E-state index contributed by atoms with van der Waals surface area (Å²) in [6.45, 7) is 0. The number of benzene rings is 1. The second kappa shape index (κ2) is 4.39. The molecular formula is C13H16O2. The maximum atomic E-state index is 5.33. The first kappa shape index (κ1) is 10.1. The molecule has 0 aromatic heterocycles. The molecule has 0 fully saturated rings. The average molecular weight is 204 g/mol. The number of ether oxygens (including phenoxy) is 2. The molecular weight excluding hydrogens is 188 g/mol. The average Bonchev–Trinajstić information content (AvgIpc) is 2.23. The van der Waals surface area contributed by atoms with Gasteiger partial charge in [-0.2, -0.15) is 0 Å². The molecule has 0 saturated heterocycles. The van der Waals surface area contributed by atoms with E-state index in [4.69, 9.17) is 9.47 Å². The highest BCUT2D eigenvalue weighted by atomic mass is 16.5. The van der Waals surface area contributed by atoms with Gasteiger partial charge >= 0.3 is 0 Å². The fourth-order valence-electron chi connectivity index (χ4n) is 1.77. The third-order valence-corrected chi connectivity index (χ3v) is 2.80. The van der Waals surface area contributed by atoms with Gasteiger partial charge in [0.25, 0.3) is 0 Å². The van der Waals surface area contributed by atoms with Crippen molar-refractivity contribution in [2.24, 2.45) is 0 Å². The van der Waals surface area contributed by atoms with Crippen molar-refractivity contribution < 1.29 is 9.47 Å². The van der Waals surface area contributed by atoms with Crippen molar-refractivity contribution in [3.8, 4) is 11.5 Å². The molecule has 0 saturated carbocycles. The zero-order chi connectivity index (χ0) is 10.7. The Hall–Kier alpha value is -1.44. The summed E-state index contributed by atoms with van der Waals surface area (Å²) in [4.78, 5) is 0. The van der Waals surface area contributed by atoms with Gasteiger partial charge in [-0.25, -0.2) is 0 Å². The summed E-state index contributed by atoms with van der Waals surface area (Å²) in [6.07, 6.45) is 5.72.